The minimum atomic E-state index is -1.24. The molecule has 1 atom stereocenters. The Morgan fingerprint density at radius 3 is 2.70 bits per heavy atom. The van der Waals surface area contributed by atoms with Crippen LogP contribution in [0.3, 0.4) is 0 Å². The van der Waals surface area contributed by atoms with Crippen LogP contribution in [0, 0.1) is 5.92 Å². The summed E-state index contributed by atoms with van der Waals surface area (Å²) in [6.07, 6.45) is 7.30. The fraction of sp³-hybridized carbons (Fsp3) is 0.400. The number of methoxy groups -OCH3 is 1. The number of esters is 1. The first-order valence-electron chi connectivity index (χ1n) is 13.5. The topological polar surface area (TPSA) is 95.3 Å². The molecule has 4 rings (SSSR count). The van der Waals surface area contributed by atoms with Crippen LogP contribution >= 0.6 is 15.9 Å². The molecule has 0 saturated carbocycles. The quantitative estimate of drug-likeness (QED) is 0.174. The van der Waals surface area contributed by atoms with Crippen molar-refractivity contribution in [3.8, 4) is 11.3 Å². The van der Waals surface area contributed by atoms with Gasteiger partial charge in [-0.1, -0.05) is 44.8 Å². The molecule has 0 spiro atoms. The summed E-state index contributed by atoms with van der Waals surface area (Å²) >= 11 is 3.48. The highest BCUT2D eigenvalue weighted by Gasteiger charge is 2.22. The number of imidazole rings is 1. The van der Waals surface area contributed by atoms with Crippen molar-refractivity contribution in [2.75, 3.05) is 19.0 Å². The lowest BCUT2D eigenvalue weighted by Gasteiger charge is -2.17. The second kappa shape index (κ2) is 13.1. The summed E-state index contributed by atoms with van der Waals surface area (Å²) < 4.78 is 13.9. The first-order chi connectivity index (χ1) is 19.0. The summed E-state index contributed by atoms with van der Waals surface area (Å²) in [5.41, 5.74) is 4.51. The molecular formula is C30H37BrN4O4Si. The van der Waals surface area contributed by atoms with E-state index in [1.807, 2.05) is 48.0 Å². The van der Waals surface area contributed by atoms with Crippen LogP contribution in [0.1, 0.15) is 36.8 Å². The number of rotatable bonds is 8. The number of nitrogens with zero attached hydrogens (tertiary/aromatic N) is 3. The zero-order valence-electron chi connectivity index (χ0n) is 23.8. The molecule has 0 radical (unpaired) electrons. The van der Waals surface area contributed by atoms with E-state index in [9.17, 15) is 9.59 Å². The van der Waals surface area contributed by atoms with Crippen LogP contribution in [0.4, 0.5) is 5.69 Å². The number of allylic oxidation sites excluding steroid dienone is 1. The zero-order valence-corrected chi connectivity index (χ0v) is 26.4. The Morgan fingerprint density at radius 1 is 1.20 bits per heavy atom. The fourth-order valence-corrected chi connectivity index (χ4v) is 5.37. The lowest BCUT2D eigenvalue weighted by Crippen LogP contribution is -2.22. The average Bonchev–Trinajstić information content (AvgIpc) is 3.32. The molecule has 1 aliphatic heterocycles. The molecule has 1 aliphatic rings. The van der Waals surface area contributed by atoms with E-state index in [1.165, 1.54) is 7.11 Å². The van der Waals surface area contributed by atoms with Gasteiger partial charge in [0.05, 0.1) is 30.6 Å². The smallest absolute Gasteiger partial charge is 0.309 e. The van der Waals surface area contributed by atoms with E-state index in [1.54, 1.807) is 6.20 Å². The van der Waals surface area contributed by atoms with E-state index in [-0.39, 0.29) is 24.2 Å². The van der Waals surface area contributed by atoms with Crippen LogP contribution in [0.15, 0.2) is 53.3 Å². The number of hydrogen-bond donors (Lipinski definition) is 1. The van der Waals surface area contributed by atoms with E-state index >= 15 is 0 Å². The summed E-state index contributed by atoms with van der Waals surface area (Å²) in [6, 6.07) is 10.6. The van der Waals surface area contributed by atoms with Crippen molar-refractivity contribution >= 4 is 47.1 Å². The molecule has 40 heavy (non-hydrogen) atoms. The number of carbonyl (C=O) groups excluding carboxylic acids is 2. The van der Waals surface area contributed by atoms with Crippen molar-refractivity contribution in [2.45, 2.75) is 58.6 Å². The van der Waals surface area contributed by atoms with Gasteiger partial charge in [0.2, 0.25) is 5.91 Å². The van der Waals surface area contributed by atoms with Crippen molar-refractivity contribution in [3.05, 3.63) is 70.4 Å². The van der Waals surface area contributed by atoms with Crippen molar-refractivity contribution in [2.24, 2.45) is 5.92 Å². The van der Waals surface area contributed by atoms with Crippen LogP contribution in [-0.2, 0) is 32.2 Å². The lowest BCUT2D eigenvalue weighted by atomic mass is 10.00. The third-order valence-corrected chi connectivity index (χ3v) is 9.01. The first-order valence-corrected chi connectivity index (χ1v) is 18.0. The number of amides is 1. The van der Waals surface area contributed by atoms with E-state index in [0.29, 0.717) is 37.6 Å². The fourth-order valence-electron chi connectivity index (χ4n) is 4.38. The SMILES string of the molecule is COC(=O)Cc1ccc2c(c1)NC(=O)C(C)CC/C=C(/c1ccc(Br)cn1)c1nc-2cn1COCC[Si](C)(C)C. The Hall–Kier alpha value is -3.08. The molecule has 0 saturated heterocycles. The van der Waals surface area contributed by atoms with Gasteiger partial charge >= 0.3 is 5.97 Å². The molecule has 1 unspecified atom stereocenters. The highest BCUT2D eigenvalue weighted by Crippen LogP contribution is 2.33. The number of pyridine rings is 1. The van der Waals surface area contributed by atoms with Crippen molar-refractivity contribution in [1.29, 1.82) is 0 Å². The van der Waals surface area contributed by atoms with Crippen LogP contribution in [-0.4, -0.2) is 48.2 Å². The molecule has 1 aromatic carbocycles. The molecule has 8 nitrogen and oxygen atoms in total. The molecule has 1 amide bonds. The summed E-state index contributed by atoms with van der Waals surface area (Å²) in [5, 5.41) is 3.09. The Bertz CT molecular complexity index is 1400. The molecule has 3 aromatic rings. The van der Waals surface area contributed by atoms with Gasteiger partial charge in [-0.3, -0.25) is 14.6 Å². The van der Waals surface area contributed by atoms with Gasteiger partial charge in [-0.25, -0.2) is 4.98 Å². The maximum Gasteiger partial charge on any atom is 0.309 e. The normalized spacial score (nSPS) is 17.1. The molecule has 0 aliphatic carbocycles. The Kier molecular flexibility index (Phi) is 9.75. The molecular weight excluding hydrogens is 588 g/mol. The van der Waals surface area contributed by atoms with Gasteiger partial charge in [-0.15, -0.1) is 0 Å². The Morgan fingerprint density at radius 2 is 2.00 bits per heavy atom. The van der Waals surface area contributed by atoms with Crippen molar-refractivity contribution in [1.82, 2.24) is 14.5 Å². The highest BCUT2D eigenvalue weighted by molar-refractivity contribution is 9.10. The number of carbonyl (C=O) groups is 2. The third-order valence-electron chi connectivity index (χ3n) is 6.84. The zero-order chi connectivity index (χ0) is 28.9. The van der Waals surface area contributed by atoms with E-state index in [0.717, 1.165) is 38.7 Å². The van der Waals surface area contributed by atoms with Gasteiger partial charge < -0.3 is 19.4 Å². The van der Waals surface area contributed by atoms with Gasteiger partial charge in [0.15, 0.2) is 0 Å². The predicted molar refractivity (Wildman–Crippen MR) is 164 cm³/mol. The van der Waals surface area contributed by atoms with Gasteiger partial charge in [0, 0.05) is 48.6 Å². The number of hydrogen-bond acceptors (Lipinski definition) is 6. The molecule has 3 heterocycles. The van der Waals surface area contributed by atoms with Gasteiger partial charge in [0.25, 0.3) is 0 Å². The first kappa shape index (κ1) is 29.9. The van der Waals surface area contributed by atoms with Crippen molar-refractivity contribution < 1.29 is 19.1 Å². The van der Waals surface area contributed by atoms with Crippen LogP contribution in [0.2, 0.25) is 25.7 Å². The van der Waals surface area contributed by atoms with Gasteiger partial charge in [-0.05, 0) is 58.6 Å². The van der Waals surface area contributed by atoms with Gasteiger partial charge in [0.1, 0.15) is 12.6 Å². The van der Waals surface area contributed by atoms with Crippen molar-refractivity contribution in [3.63, 3.8) is 0 Å². The summed E-state index contributed by atoms with van der Waals surface area (Å²) in [6.45, 7) is 9.95. The van der Waals surface area contributed by atoms with Crippen LogP contribution in [0.25, 0.3) is 16.8 Å². The molecule has 10 heteroatoms. The van der Waals surface area contributed by atoms with Crippen LogP contribution < -0.4 is 5.32 Å². The minimum absolute atomic E-state index is 0.0805. The number of benzene rings is 1. The lowest BCUT2D eigenvalue weighted by molar-refractivity contribution is -0.139. The van der Waals surface area contributed by atoms with Gasteiger partial charge in [-0.2, -0.15) is 0 Å². The predicted octanol–water partition coefficient (Wildman–Crippen LogP) is 6.54. The molecule has 212 valence electrons. The van der Waals surface area contributed by atoms with Crippen LogP contribution in [0.5, 0.6) is 0 Å². The molecule has 2 aromatic heterocycles. The molecule has 2 bridgehead atoms. The largest absolute Gasteiger partial charge is 0.469 e. The third kappa shape index (κ3) is 7.77. The van der Waals surface area contributed by atoms with E-state index < -0.39 is 8.07 Å². The second-order valence-corrected chi connectivity index (χ2v) is 17.9. The number of aromatic nitrogens is 3. The standard InChI is InChI=1S/C30H37BrN4O4Si/c1-20-7-6-8-24(25-12-10-22(31)17-32-25)29-33-27(18-35(29)19-39-13-14-40(3,4)5)23-11-9-21(16-28(36)38-2)15-26(23)34-30(20)37/h8-12,15,17-18,20H,6-7,13-14,16,19H2,1-5H3,(H,34,37)/b24-8-. The summed E-state index contributed by atoms with van der Waals surface area (Å²) in [4.78, 5) is 34.9. The number of nitrogens with one attached hydrogen (secondary N) is 1. The summed E-state index contributed by atoms with van der Waals surface area (Å²) in [7, 11) is 0.125. The number of halogens is 1. The Labute approximate surface area is 245 Å². The number of fused-ring (bicyclic) bond motifs is 4. The molecule has 1 N–H and O–H groups in total. The number of ether oxygens (including phenoxy) is 2. The number of anilines is 1. The average molecular weight is 626 g/mol. The Balaban J connectivity index is 1.82. The maximum absolute atomic E-state index is 13.2. The van der Waals surface area contributed by atoms with E-state index in [2.05, 4.69) is 51.9 Å². The summed E-state index contributed by atoms with van der Waals surface area (Å²) in [5.74, 6) is 0.109. The second-order valence-electron chi connectivity index (χ2n) is 11.3. The maximum atomic E-state index is 13.2. The highest BCUT2D eigenvalue weighted by atomic mass is 79.9. The monoisotopic (exact) mass is 624 g/mol. The molecule has 0 fully saturated rings. The van der Waals surface area contributed by atoms with E-state index in [4.69, 9.17) is 14.5 Å². The minimum Gasteiger partial charge on any atom is -0.469 e.